The van der Waals surface area contributed by atoms with E-state index in [-0.39, 0.29) is 6.10 Å². The number of hydrogen-bond donors (Lipinski definition) is 1. The predicted molar refractivity (Wildman–Crippen MR) is 75.6 cm³/mol. The maximum absolute atomic E-state index is 9.92. The van der Waals surface area contributed by atoms with Gasteiger partial charge in [0, 0.05) is 19.6 Å². The van der Waals surface area contributed by atoms with E-state index in [4.69, 9.17) is 0 Å². The third-order valence-electron chi connectivity index (χ3n) is 4.20. The average Bonchev–Trinajstić information content (AvgIpc) is 2.36. The van der Waals surface area contributed by atoms with Crippen LogP contribution in [0.4, 0.5) is 0 Å². The molecule has 0 spiro atoms. The molecule has 0 aliphatic carbocycles. The molecule has 0 radical (unpaired) electrons. The quantitative estimate of drug-likeness (QED) is 0.888. The van der Waals surface area contributed by atoms with Gasteiger partial charge in [0.25, 0.3) is 0 Å². The van der Waals surface area contributed by atoms with Crippen molar-refractivity contribution < 1.29 is 5.11 Å². The van der Waals surface area contributed by atoms with Crippen LogP contribution in [0.2, 0.25) is 0 Å². The van der Waals surface area contributed by atoms with E-state index in [2.05, 4.69) is 43.9 Å². The zero-order valence-corrected chi connectivity index (χ0v) is 11.8. The number of likely N-dealkylation sites (tertiary alicyclic amines) is 1. The summed E-state index contributed by atoms with van der Waals surface area (Å²) in [5, 5.41) is 9.92. The van der Waals surface area contributed by atoms with Gasteiger partial charge in [0.15, 0.2) is 0 Å². The van der Waals surface area contributed by atoms with Gasteiger partial charge in [-0.3, -0.25) is 4.90 Å². The van der Waals surface area contributed by atoms with Crippen molar-refractivity contribution in [3.63, 3.8) is 0 Å². The molecule has 1 saturated heterocycles. The van der Waals surface area contributed by atoms with E-state index < -0.39 is 0 Å². The summed E-state index contributed by atoms with van der Waals surface area (Å²) in [5.74, 6) is 0.448. The zero-order chi connectivity index (χ0) is 13.1. The van der Waals surface area contributed by atoms with Crippen molar-refractivity contribution in [3.8, 4) is 0 Å². The highest BCUT2D eigenvalue weighted by Crippen LogP contribution is 2.22. The van der Waals surface area contributed by atoms with Crippen LogP contribution in [0.1, 0.15) is 36.5 Å². The summed E-state index contributed by atoms with van der Waals surface area (Å²) < 4.78 is 0. The minimum Gasteiger partial charge on any atom is -0.393 e. The van der Waals surface area contributed by atoms with E-state index in [1.54, 1.807) is 0 Å². The van der Waals surface area contributed by atoms with Crippen LogP contribution in [0.5, 0.6) is 0 Å². The largest absolute Gasteiger partial charge is 0.393 e. The SMILES string of the molecule is CCC1CN(Cc2cc(C)ccc2C)CCC1O. The summed E-state index contributed by atoms with van der Waals surface area (Å²) in [6.07, 6.45) is 1.90. The third-order valence-corrected chi connectivity index (χ3v) is 4.20. The van der Waals surface area contributed by atoms with Gasteiger partial charge >= 0.3 is 0 Å². The van der Waals surface area contributed by atoms with Crippen LogP contribution in [0.25, 0.3) is 0 Å². The Bertz CT molecular complexity index is 402. The maximum atomic E-state index is 9.92. The Labute approximate surface area is 111 Å². The van der Waals surface area contributed by atoms with Crippen LogP contribution in [0, 0.1) is 19.8 Å². The molecule has 0 saturated carbocycles. The summed E-state index contributed by atoms with van der Waals surface area (Å²) in [5.41, 5.74) is 4.14. The van der Waals surface area contributed by atoms with Crippen LogP contribution in [-0.4, -0.2) is 29.2 Å². The summed E-state index contributed by atoms with van der Waals surface area (Å²) >= 11 is 0. The molecule has 2 heteroatoms. The monoisotopic (exact) mass is 247 g/mol. The lowest BCUT2D eigenvalue weighted by atomic mass is 9.92. The van der Waals surface area contributed by atoms with E-state index in [0.717, 1.165) is 32.5 Å². The summed E-state index contributed by atoms with van der Waals surface area (Å²) in [4.78, 5) is 2.49. The molecule has 1 aromatic carbocycles. The van der Waals surface area contributed by atoms with Crippen LogP contribution in [-0.2, 0) is 6.54 Å². The molecule has 2 atom stereocenters. The number of benzene rings is 1. The normalized spacial score (nSPS) is 25.3. The Morgan fingerprint density at radius 1 is 1.33 bits per heavy atom. The molecule has 1 heterocycles. The minimum atomic E-state index is -0.0927. The molecule has 0 amide bonds. The summed E-state index contributed by atoms with van der Waals surface area (Å²) in [7, 11) is 0. The van der Waals surface area contributed by atoms with Gasteiger partial charge in [-0.05, 0) is 43.7 Å². The Kier molecular flexibility index (Phi) is 4.41. The first-order valence-corrected chi connectivity index (χ1v) is 7.06. The highest BCUT2D eigenvalue weighted by molar-refractivity contribution is 5.30. The highest BCUT2D eigenvalue weighted by atomic mass is 16.3. The maximum Gasteiger partial charge on any atom is 0.0592 e. The molecular weight excluding hydrogens is 222 g/mol. The summed E-state index contributed by atoms with van der Waals surface area (Å²) in [6, 6.07) is 6.68. The number of nitrogens with zero attached hydrogens (tertiary/aromatic N) is 1. The van der Waals surface area contributed by atoms with Crippen molar-refractivity contribution in [1.82, 2.24) is 4.90 Å². The second kappa shape index (κ2) is 5.85. The lowest BCUT2D eigenvalue weighted by molar-refractivity contribution is 0.0221. The van der Waals surface area contributed by atoms with Gasteiger partial charge in [0.1, 0.15) is 0 Å². The summed E-state index contributed by atoms with van der Waals surface area (Å²) in [6.45, 7) is 9.59. The third kappa shape index (κ3) is 3.12. The molecule has 0 bridgehead atoms. The fourth-order valence-corrected chi connectivity index (χ4v) is 2.85. The fourth-order valence-electron chi connectivity index (χ4n) is 2.85. The van der Waals surface area contributed by atoms with Gasteiger partial charge in [-0.2, -0.15) is 0 Å². The Morgan fingerprint density at radius 3 is 2.83 bits per heavy atom. The second-order valence-corrected chi connectivity index (χ2v) is 5.69. The lowest BCUT2D eigenvalue weighted by Gasteiger charge is -2.36. The molecule has 1 aliphatic rings. The Morgan fingerprint density at radius 2 is 2.11 bits per heavy atom. The van der Waals surface area contributed by atoms with Crippen molar-refractivity contribution in [2.45, 2.75) is 46.3 Å². The van der Waals surface area contributed by atoms with Gasteiger partial charge in [-0.25, -0.2) is 0 Å². The number of aliphatic hydroxyl groups excluding tert-OH is 1. The molecule has 18 heavy (non-hydrogen) atoms. The van der Waals surface area contributed by atoms with Gasteiger partial charge in [0.2, 0.25) is 0 Å². The molecule has 1 fully saturated rings. The molecule has 1 aliphatic heterocycles. The molecule has 2 nitrogen and oxygen atoms in total. The van der Waals surface area contributed by atoms with Crippen LogP contribution in [0.15, 0.2) is 18.2 Å². The number of hydrogen-bond acceptors (Lipinski definition) is 2. The number of rotatable bonds is 3. The lowest BCUT2D eigenvalue weighted by Crippen LogP contribution is -2.42. The first-order valence-electron chi connectivity index (χ1n) is 7.06. The number of aryl methyl sites for hydroxylation is 2. The van der Waals surface area contributed by atoms with E-state index in [1.807, 2.05) is 0 Å². The van der Waals surface area contributed by atoms with Crippen molar-refractivity contribution in [2.24, 2.45) is 5.92 Å². The second-order valence-electron chi connectivity index (χ2n) is 5.69. The Hall–Kier alpha value is -0.860. The standard InChI is InChI=1S/C16H25NO/c1-4-14-10-17(8-7-16(14)18)11-15-9-12(2)5-6-13(15)3/h5-6,9,14,16,18H,4,7-8,10-11H2,1-3H3. The van der Waals surface area contributed by atoms with Crippen LogP contribution < -0.4 is 0 Å². The van der Waals surface area contributed by atoms with Gasteiger partial charge in [-0.1, -0.05) is 30.7 Å². The molecule has 2 rings (SSSR count). The molecule has 1 aromatic rings. The van der Waals surface area contributed by atoms with Gasteiger partial charge in [0.05, 0.1) is 6.10 Å². The minimum absolute atomic E-state index is 0.0927. The fraction of sp³-hybridized carbons (Fsp3) is 0.625. The van der Waals surface area contributed by atoms with E-state index in [9.17, 15) is 5.11 Å². The molecule has 0 aromatic heterocycles. The molecule has 1 N–H and O–H groups in total. The topological polar surface area (TPSA) is 23.5 Å². The number of piperidine rings is 1. The zero-order valence-electron chi connectivity index (χ0n) is 11.8. The molecule has 100 valence electrons. The smallest absolute Gasteiger partial charge is 0.0592 e. The van der Waals surface area contributed by atoms with E-state index in [0.29, 0.717) is 5.92 Å². The van der Waals surface area contributed by atoms with Crippen molar-refractivity contribution in [1.29, 1.82) is 0 Å². The molecule has 2 unspecified atom stereocenters. The van der Waals surface area contributed by atoms with Crippen molar-refractivity contribution >= 4 is 0 Å². The van der Waals surface area contributed by atoms with Gasteiger partial charge < -0.3 is 5.11 Å². The van der Waals surface area contributed by atoms with E-state index in [1.165, 1.54) is 16.7 Å². The van der Waals surface area contributed by atoms with Crippen LogP contribution >= 0.6 is 0 Å². The predicted octanol–water partition coefficient (Wildman–Crippen LogP) is 2.90. The van der Waals surface area contributed by atoms with Crippen molar-refractivity contribution in [3.05, 3.63) is 34.9 Å². The number of aliphatic hydroxyl groups is 1. The van der Waals surface area contributed by atoms with Crippen molar-refractivity contribution in [2.75, 3.05) is 13.1 Å². The van der Waals surface area contributed by atoms with Crippen LogP contribution in [0.3, 0.4) is 0 Å². The average molecular weight is 247 g/mol. The Balaban J connectivity index is 2.03. The first-order chi connectivity index (χ1) is 8.60. The highest BCUT2D eigenvalue weighted by Gasteiger charge is 2.26. The molecular formula is C16H25NO. The first kappa shape index (κ1) is 13.6. The van der Waals surface area contributed by atoms with E-state index >= 15 is 0 Å². The van der Waals surface area contributed by atoms with Gasteiger partial charge in [-0.15, -0.1) is 0 Å².